The Morgan fingerprint density at radius 1 is 1.19 bits per heavy atom. The van der Waals surface area contributed by atoms with Crippen LogP contribution in [0.1, 0.15) is 0 Å². The van der Waals surface area contributed by atoms with Crippen LogP contribution in [-0.4, -0.2) is 54.2 Å². The minimum atomic E-state index is 0.492. The molecule has 21 heavy (non-hydrogen) atoms. The van der Waals surface area contributed by atoms with E-state index in [2.05, 4.69) is 15.5 Å². The van der Waals surface area contributed by atoms with Gasteiger partial charge in [0, 0.05) is 7.11 Å². The van der Waals surface area contributed by atoms with Gasteiger partial charge in [-0.15, -0.1) is 5.10 Å². The van der Waals surface area contributed by atoms with Crippen LogP contribution in [0.5, 0.6) is 5.75 Å². The van der Waals surface area contributed by atoms with Crippen LogP contribution in [0.2, 0.25) is 0 Å². The van der Waals surface area contributed by atoms with Gasteiger partial charge in [0.2, 0.25) is 0 Å². The highest BCUT2D eigenvalue weighted by molar-refractivity contribution is 5.73. The molecule has 0 aliphatic rings. The number of para-hydroxylation sites is 1. The molecule has 0 unspecified atom stereocenters. The highest BCUT2D eigenvalue weighted by Gasteiger charge is 2.15. The first-order valence-corrected chi connectivity index (χ1v) is 6.53. The molecule has 0 fully saturated rings. The molecule has 0 atom stereocenters. The third kappa shape index (κ3) is 3.67. The molecule has 0 amide bonds. The summed E-state index contributed by atoms with van der Waals surface area (Å²) in [4.78, 5) is 0. The van der Waals surface area contributed by atoms with Gasteiger partial charge in [-0.1, -0.05) is 6.07 Å². The maximum Gasteiger partial charge on any atom is 0.185 e. The largest absolute Gasteiger partial charge is 0.494 e. The lowest BCUT2D eigenvalue weighted by Gasteiger charge is -2.11. The number of tetrazole rings is 1. The van der Waals surface area contributed by atoms with Gasteiger partial charge in [0.05, 0.1) is 44.7 Å². The second-order valence-electron chi connectivity index (χ2n) is 4.26. The van der Waals surface area contributed by atoms with E-state index in [9.17, 15) is 0 Å². The van der Waals surface area contributed by atoms with Gasteiger partial charge in [-0.3, -0.25) is 0 Å². The van der Waals surface area contributed by atoms with E-state index in [1.807, 2.05) is 12.1 Å². The molecular formula is C13H19N5O3. The summed E-state index contributed by atoms with van der Waals surface area (Å²) >= 11 is 0. The van der Waals surface area contributed by atoms with E-state index in [4.69, 9.17) is 19.9 Å². The highest BCUT2D eigenvalue weighted by atomic mass is 16.5. The van der Waals surface area contributed by atoms with Crippen molar-refractivity contribution in [2.45, 2.75) is 6.54 Å². The molecule has 1 aromatic carbocycles. The van der Waals surface area contributed by atoms with Gasteiger partial charge in [0.15, 0.2) is 11.6 Å². The molecular weight excluding hydrogens is 274 g/mol. The lowest BCUT2D eigenvalue weighted by atomic mass is 10.1. The summed E-state index contributed by atoms with van der Waals surface area (Å²) < 4.78 is 17.3. The number of nitrogen functional groups attached to an aromatic ring is 1. The number of nitrogens with two attached hydrogens (primary N) is 1. The first-order chi connectivity index (χ1) is 10.3. The second-order valence-corrected chi connectivity index (χ2v) is 4.26. The van der Waals surface area contributed by atoms with E-state index >= 15 is 0 Å². The number of aromatic nitrogens is 4. The molecule has 2 rings (SSSR count). The number of hydrogen-bond acceptors (Lipinski definition) is 7. The van der Waals surface area contributed by atoms with Gasteiger partial charge < -0.3 is 19.9 Å². The first kappa shape index (κ1) is 15.2. The number of methoxy groups -OCH3 is 2. The lowest BCUT2D eigenvalue weighted by molar-refractivity contribution is 0.0654. The fourth-order valence-electron chi connectivity index (χ4n) is 1.90. The summed E-state index contributed by atoms with van der Waals surface area (Å²) in [5.74, 6) is 1.16. The first-order valence-electron chi connectivity index (χ1n) is 6.53. The maximum absolute atomic E-state index is 5.90. The molecule has 2 aromatic rings. The van der Waals surface area contributed by atoms with Crippen LogP contribution in [-0.2, 0) is 16.0 Å². The summed E-state index contributed by atoms with van der Waals surface area (Å²) in [6, 6.07) is 5.47. The third-order valence-corrected chi connectivity index (χ3v) is 2.90. The van der Waals surface area contributed by atoms with Crippen molar-refractivity contribution < 1.29 is 14.2 Å². The quantitative estimate of drug-likeness (QED) is 0.562. The van der Waals surface area contributed by atoms with Gasteiger partial charge in [0.25, 0.3) is 0 Å². The third-order valence-electron chi connectivity index (χ3n) is 2.90. The molecule has 0 spiro atoms. The zero-order valence-electron chi connectivity index (χ0n) is 12.2. The molecule has 0 aliphatic heterocycles. The fraction of sp³-hybridized carbons (Fsp3) is 0.462. The van der Waals surface area contributed by atoms with Crippen LogP contribution in [0.25, 0.3) is 11.4 Å². The summed E-state index contributed by atoms with van der Waals surface area (Å²) in [5.41, 5.74) is 7.19. The average molecular weight is 293 g/mol. The van der Waals surface area contributed by atoms with Crippen molar-refractivity contribution in [2.75, 3.05) is 39.8 Å². The fourth-order valence-corrected chi connectivity index (χ4v) is 1.90. The zero-order chi connectivity index (χ0) is 15.1. The Morgan fingerprint density at radius 2 is 2.05 bits per heavy atom. The Balaban J connectivity index is 2.11. The molecule has 0 radical (unpaired) electrons. The second kappa shape index (κ2) is 7.55. The summed E-state index contributed by atoms with van der Waals surface area (Å²) in [6.45, 7) is 2.12. The summed E-state index contributed by atoms with van der Waals surface area (Å²) in [5, 5.41) is 11.7. The van der Waals surface area contributed by atoms with Crippen molar-refractivity contribution in [3.05, 3.63) is 18.2 Å². The number of ether oxygens (including phenoxy) is 3. The SMILES string of the molecule is COCCOCCn1nnnc1-c1cccc(N)c1OC. The van der Waals surface area contributed by atoms with E-state index < -0.39 is 0 Å². The van der Waals surface area contributed by atoms with Gasteiger partial charge in [-0.05, 0) is 22.6 Å². The van der Waals surface area contributed by atoms with Gasteiger partial charge in [-0.25, -0.2) is 4.68 Å². The minimum absolute atomic E-state index is 0.492. The molecule has 0 aliphatic carbocycles. The molecule has 0 saturated heterocycles. The number of benzene rings is 1. The van der Waals surface area contributed by atoms with E-state index in [1.54, 1.807) is 25.0 Å². The number of nitrogens with zero attached hydrogens (tertiary/aromatic N) is 4. The van der Waals surface area contributed by atoms with Gasteiger partial charge in [-0.2, -0.15) is 0 Å². The molecule has 114 valence electrons. The van der Waals surface area contributed by atoms with Gasteiger partial charge in [0.1, 0.15) is 0 Å². The zero-order valence-corrected chi connectivity index (χ0v) is 12.2. The van der Waals surface area contributed by atoms with Crippen LogP contribution >= 0.6 is 0 Å². The molecule has 8 heteroatoms. The van der Waals surface area contributed by atoms with Crippen molar-refractivity contribution in [2.24, 2.45) is 0 Å². The van der Waals surface area contributed by atoms with Crippen molar-refractivity contribution >= 4 is 5.69 Å². The Labute approximate surface area is 122 Å². The summed E-state index contributed by atoms with van der Waals surface area (Å²) in [6.07, 6.45) is 0. The Bertz CT molecular complexity index is 573. The smallest absolute Gasteiger partial charge is 0.185 e. The maximum atomic E-state index is 5.90. The van der Waals surface area contributed by atoms with Gasteiger partial charge >= 0.3 is 0 Å². The van der Waals surface area contributed by atoms with E-state index in [0.717, 1.165) is 5.56 Å². The number of anilines is 1. The molecule has 1 aromatic heterocycles. The predicted octanol–water partition coefficient (Wildman–Crippen LogP) is 0.594. The van der Waals surface area contributed by atoms with Crippen molar-refractivity contribution in [3.8, 4) is 17.1 Å². The van der Waals surface area contributed by atoms with Crippen LogP contribution in [0, 0.1) is 0 Å². The minimum Gasteiger partial charge on any atom is -0.494 e. The molecule has 8 nitrogen and oxygen atoms in total. The van der Waals surface area contributed by atoms with Crippen LogP contribution < -0.4 is 10.5 Å². The molecule has 2 N–H and O–H groups in total. The van der Waals surface area contributed by atoms with Crippen LogP contribution in [0.15, 0.2) is 18.2 Å². The highest BCUT2D eigenvalue weighted by Crippen LogP contribution is 2.32. The average Bonchev–Trinajstić information content (AvgIpc) is 2.95. The monoisotopic (exact) mass is 293 g/mol. The predicted molar refractivity (Wildman–Crippen MR) is 76.9 cm³/mol. The van der Waals surface area contributed by atoms with Crippen LogP contribution in [0.4, 0.5) is 5.69 Å². The van der Waals surface area contributed by atoms with Crippen molar-refractivity contribution in [1.29, 1.82) is 0 Å². The number of hydrogen-bond donors (Lipinski definition) is 1. The molecule has 1 heterocycles. The van der Waals surface area contributed by atoms with E-state index in [0.29, 0.717) is 43.6 Å². The lowest BCUT2D eigenvalue weighted by Crippen LogP contribution is -2.12. The Morgan fingerprint density at radius 3 is 2.81 bits per heavy atom. The Hall–Kier alpha value is -2.19. The molecule has 0 bridgehead atoms. The van der Waals surface area contributed by atoms with E-state index in [1.165, 1.54) is 0 Å². The van der Waals surface area contributed by atoms with Crippen molar-refractivity contribution in [1.82, 2.24) is 20.2 Å². The standard InChI is InChI=1S/C13H19N5O3/c1-19-8-9-21-7-6-18-13(15-16-17-18)10-4-3-5-11(14)12(10)20-2/h3-5H,6-9,14H2,1-2H3. The Kier molecular flexibility index (Phi) is 5.47. The van der Waals surface area contributed by atoms with E-state index in [-0.39, 0.29) is 0 Å². The normalized spacial score (nSPS) is 10.8. The van der Waals surface area contributed by atoms with Crippen molar-refractivity contribution in [3.63, 3.8) is 0 Å². The number of rotatable bonds is 8. The summed E-state index contributed by atoms with van der Waals surface area (Å²) in [7, 11) is 3.20. The topological polar surface area (TPSA) is 97.3 Å². The molecule has 0 saturated carbocycles. The van der Waals surface area contributed by atoms with Crippen LogP contribution in [0.3, 0.4) is 0 Å².